The number of aromatic hydroxyl groups is 1. The Morgan fingerprint density at radius 1 is 0.914 bits per heavy atom. The van der Waals surface area contributed by atoms with Crippen LogP contribution in [-0.4, -0.2) is 17.1 Å². The Morgan fingerprint density at radius 2 is 1.66 bits per heavy atom. The van der Waals surface area contributed by atoms with Gasteiger partial charge in [0.05, 0.1) is 0 Å². The maximum Gasteiger partial charge on any atom is 0.243 e. The molecule has 1 heterocycles. The minimum atomic E-state index is -0.587. The van der Waals surface area contributed by atoms with Gasteiger partial charge in [-0.05, 0) is 52.6 Å². The van der Waals surface area contributed by atoms with Crippen LogP contribution in [-0.2, 0) is 17.9 Å². The van der Waals surface area contributed by atoms with Crippen LogP contribution in [0, 0.1) is 5.82 Å². The third kappa shape index (κ3) is 4.96. The number of ether oxygens (including phenoxy) is 1. The van der Waals surface area contributed by atoms with Gasteiger partial charge in [-0.1, -0.05) is 66.7 Å². The standard InChI is InChI=1S/C29H25FN2O3/c30-22-12-13-24-23(16-22)27(21-9-5-2-6-10-21)28(32-24)29(34)31-17-20-11-14-26(25(33)15-20)35-18-19-7-3-1-4-8-19/h1-16,27-28,32-33H,17-18H2,(H,31,34). The summed E-state index contributed by atoms with van der Waals surface area (Å²) >= 11 is 0. The van der Waals surface area contributed by atoms with Crippen LogP contribution in [0.4, 0.5) is 10.1 Å². The van der Waals surface area contributed by atoms with Crippen molar-refractivity contribution in [1.82, 2.24) is 5.32 Å². The summed E-state index contributed by atoms with van der Waals surface area (Å²) in [5.41, 5.74) is 4.18. The van der Waals surface area contributed by atoms with Crippen LogP contribution in [0.5, 0.6) is 11.5 Å². The van der Waals surface area contributed by atoms with Crippen molar-refractivity contribution >= 4 is 11.6 Å². The molecule has 0 aromatic heterocycles. The molecule has 0 saturated carbocycles. The summed E-state index contributed by atoms with van der Waals surface area (Å²) in [4.78, 5) is 13.2. The number of rotatable bonds is 7. The summed E-state index contributed by atoms with van der Waals surface area (Å²) in [6.45, 7) is 0.579. The van der Waals surface area contributed by atoms with Gasteiger partial charge >= 0.3 is 0 Å². The number of amides is 1. The van der Waals surface area contributed by atoms with E-state index in [1.165, 1.54) is 12.1 Å². The van der Waals surface area contributed by atoms with Gasteiger partial charge < -0.3 is 20.5 Å². The Kier molecular flexibility index (Phi) is 6.35. The van der Waals surface area contributed by atoms with E-state index >= 15 is 0 Å². The zero-order valence-corrected chi connectivity index (χ0v) is 18.9. The Labute approximate surface area is 203 Å². The van der Waals surface area contributed by atoms with Gasteiger partial charge in [0.2, 0.25) is 5.91 Å². The molecule has 3 N–H and O–H groups in total. The highest BCUT2D eigenvalue weighted by Gasteiger charge is 2.38. The number of hydrogen-bond donors (Lipinski definition) is 3. The Balaban J connectivity index is 1.27. The van der Waals surface area contributed by atoms with Gasteiger partial charge in [0.1, 0.15) is 18.5 Å². The van der Waals surface area contributed by atoms with Crippen molar-refractivity contribution in [2.45, 2.75) is 25.1 Å². The molecule has 5 rings (SSSR count). The van der Waals surface area contributed by atoms with Gasteiger partial charge in [0.25, 0.3) is 0 Å². The lowest BCUT2D eigenvalue weighted by Gasteiger charge is -2.20. The van der Waals surface area contributed by atoms with Crippen molar-refractivity contribution in [2.24, 2.45) is 0 Å². The van der Waals surface area contributed by atoms with Crippen LogP contribution in [0.15, 0.2) is 97.1 Å². The third-order valence-corrected chi connectivity index (χ3v) is 6.16. The highest BCUT2D eigenvalue weighted by atomic mass is 19.1. The molecule has 0 aliphatic carbocycles. The van der Waals surface area contributed by atoms with Crippen LogP contribution in [0.1, 0.15) is 28.2 Å². The number of halogens is 1. The Bertz CT molecular complexity index is 1330. The number of hydrogen-bond acceptors (Lipinski definition) is 4. The number of fused-ring (bicyclic) bond motifs is 1. The first-order valence-corrected chi connectivity index (χ1v) is 11.5. The Morgan fingerprint density at radius 3 is 2.40 bits per heavy atom. The van der Waals surface area contributed by atoms with Crippen molar-refractivity contribution in [3.63, 3.8) is 0 Å². The number of carbonyl (C=O) groups excluding carboxylic acids is 1. The second kappa shape index (κ2) is 9.89. The smallest absolute Gasteiger partial charge is 0.243 e. The predicted molar refractivity (Wildman–Crippen MR) is 133 cm³/mol. The normalized spacial score (nSPS) is 16.3. The molecule has 1 aliphatic rings. The maximum absolute atomic E-state index is 14.0. The van der Waals surface area contributed by atoms with Crippen molar-refractivity contribution in [2.75, 3.05) is 5.32 Å². The lowest BCUT2D eigenvalue weighted by Crippen LogP contribution is -2.40. The van der Waals surface area contributed by atoms with E-state index in [2.05, 4.69) is 10.6 Å². The van der Waals surface area contributed by atoms with E-state index in [1.807, 2.05) is 60.7 Å². The molecule has 176 valence electrons. The van der Waals surface area contributed by atoms with Crippen LogP contribution < -0.4 is 15.4 Å². The third-order valence-electron chi connectivity index (χ3n) is 6.16. The fourth-order valence-corrected chi connectivity index (χ4v) is 4.43. The largest absolute Gasteiger partial charge is 0.504 e. The molecule has 0 radical (unpaired) electrons. The topological polar surface area (TPSA) is 70.6 Å². The number of anilines is 1. The summed E-state index contributed by atoms with van der Waals surface area (Å²) in [6, 6.07) is 28.4. The second-order valence-electron chi connectivity index (χ2n) is 8.54. The molecule has 2 unspecified atom stereocenters. The number of phenolic OH excluding ortho intramolecular Hbond substituents is 1. The van der Waals surface area contributed by atoms with E-state index in [0.717, 1.165) is 27.9 Å². The first-order chi connectivity index (χ1) is 17.1. The van der Waals surface area contributed by atoms with Crippen molar-refractivity contribution in [3.05, 3.63) is 125 Å². The zero-order chi connectivity index (χ0) is 24.2. The number of phenols is 1. The molecule has 6 heteroatoms. The first kappa shape index (κ1) is 22.5. The number of nitrogens with one attached hydrogen (secondary N) is 2. The lowest BCUT2D eigenvalue weighted by atomic mass is 9.87. The van der Waals surface area contributed by atoms with E-state index in [-0.39, 0.29) is 29.9 Å². The van der Waals surface area contributed by atoms with Crippen LogP contribution in [0.3, 0.4) is 0 Å². The molecule has 1 aliphatic heterocycles. The van der Waals surface area contributed by atoms with E-state index in [9.17, 15) is 14.3 Å². The summed E-state index contributed by atoms with van der Waals surface area (Å²) < 4.78 is 19.7. The predicted octanol–water partition coefficient (Wildman–Crippen LogP) is 5.35. The molecule has 0 spiro atoms. The average molecular weight is 469 g/mol. The van der Waals surface area contributed by atoms with Crippen LogP contribution in [0.2, 0.25) is 0 Å². The van der Waals surface area contributed by atoms with E-state index in [4.69, 9.17) is 4.74 Å². The quantitative estimate of drug-likeness (QED) is 0.342. The summed E-state index contributed by atoms with van der Waals surface area (Å²) in [7, 11) is 0. The fraction of sp³-hybridized carbons (Fsp3) is 0.138. The molecule has 35 heavy (non-hydrogen) atoms. The molecule has 0 saturated heterocycles. The van der Waals surface area contributed by atoms with Crippen LogP contribution in [0.25, 0.3) is 0 Å². The first-order valence-electron chi connectivity index (χ1n) is 11.5. The lowest BCUT2D eigenvalue weighted by molar-refractivity contribution is -0.122. The van der Waals surface area contributed by atoms with Crippen LogP contribution >= 0.6 is 0 Å². The number of carbonyl (C=O) groups is 1. The molecule has 2 atom stereocenters. The molecule has 5 nitrogen and oxygen atoms in total. The maximum atomic E-state index is 14.0. The highest BCUT2D eigenvalue weighted by Crippen LogP contribution is 2.41. The molecule has 4 aromatic rings. The zero-order valence-electron chi connectivity index (χ0n) is 18.9. The van der Waals surface area contributed by atoms with E-state index in [1.54, 1.807) is 24.3 Å². The Hall–Kier alpha value is -4.32. The number of benzene rings is 4. The molecule has 4 aromatic carbocycles. The van der Waals surface area contributed by atoms with Gasteiger partial charge in [-0.25, -0.2) is 4.39 Å². The van der Waals surface area contributed by atoms with Gasteiger partial charge in [-0.3, -0.25) is 4.79 Å². The minimum Gasteiger partial charge on any atom is -0.504 e. The van der Waals surface area contributed by atoms with Crippen molar-refractivity contribution in [3.8, 4) is 11.5 Å². The minimum absolute atomic E-state index is 0.0108. The summed E-state index contributed by atoms with van der Waals surface area (Å²) in [5, 5.41) is 16.6. The van der Waals surface area contributed by atoms with Crippen molar-refractivity contribution < 1.29 is 19.0 Å². The van der Waals surface area contributed by atoms with E-state index in [0.29, 0.717) is 12.4 Å². The SMILES string of the molecule is O=C(NCc1ccc(OCc2ccccc2)c(O)c1)C1Nc2ccc(F)cc2C1c1ccccc1. The van der Waals surface area contributed by atoms with Gasteiger partial charge in [-0.2, -0.15) is 0 Å². The molecular weight excluding hydrogens is 443 g/mol. The molecule has 1 amide bonds. The van der Waals surface area contributed by atoms with Gasteiger partial charge in [-0.15, -0.1) is 0 Å². The molecule has 0 fully saturated rings. The highest BCUT2D eigenvalue weighted by molar-refractivity contribution is 5.89. The van der Waals surface area contributed by atoms with Crippen molar-refractivity contribution in [1.29, 1.82) is 0 Å². The summed E-state index contributed by atoms with van der Waals surface area (Å²) in [6.07, 6.45) is 0. The van der Waals surface area contributed by atoms with E-state index < -0.39 is 6.04 Å². The monoisotopic (exact) mass is 468 g/mol. The molecular formula is C29H25FN2O3. The fourth-order valence-electron chi connectivity index (χ4n) is 4.43. The van der Waals surface area contributed by atoms with Gasteiger partial charge in [0, 0.05) is 18.2 Å². The summed E-state index contributed by atoms with van der Waals surface area (Å²) in [5.74, 6) is -0.472. The second-order valence-corrected chi connectivity index (χ2v) is 8.54. The molecule has 0 bridgehead atoms. The average Bonchev–Trinajstić information content (AvgIpc) is 3.26. The van der Waals surface area contributed by atoms with Gasteiger partial charge in [0.15, 0.2) is 11.5 Å².